The number of rotatable bonds is 4. The summed E-state index contributed by atoms with van der Waals surface area (Å²) in [6.07, 6.45) is 1.44. The molecule has 110 valence electrons. The fourth-order valence-corrected chi connectivity index (χ4v) is 2.38. The average Bonchev–Trinajstić information content (AvgIpc) is 2.89. The van der Waals surface area contributed by atoms with Crippen LogP contribution in [-0.4, -0.2) is 34.1 Å². The third-order valence-electron chi connectivity index (χ3n) is 3.52. The van der Waals surface area contributed by atoms with E-state index in [0.29, 0.717) is 19.6 Å². The largest absolute Gasteiger partial charge is 0.497 e. The molecular weight excluding hydrogens is 272 g/mol. The van der Waals surface area contributed by atoms with Crippen LogP contribution in [0.3, 0.4) is 0 Å². The van der Waals surface area contributed by atoms with E-state index in [9.17, 15) is 4.79 Å². The van der Waals surface area contributed by atoms with Crippen molar-refractivity contribution in [2.24, 2.45) is 0 Å². The zero-order valence-electron chi connectivity index (χ0n) is 11.7. The van der Waals surface area contributed by atoms with Crippen molar-refractivity contribution in [2.75, 3.05) is 7.11 Å². The summed E-state index contributed by atoms with van der Waals surface area (Å²) in [6, 6.07) is 7.77. The Bertz CT molecular complexity index is 648. The molecule has 0 saturated heterocycles. The quantitative estimate of drug-likeness (QED) is 0.922. The summed E-state index contributed by atoms with van der Waals surface area (Å²) in [5.41, 5.74) is 2.87. The highest BCUT2D eigenvalue weighted by Gasteiger charge is 2.27. The lowest BCUT2D eigenvalue weighted by Gasteiger charge is -2.17. The molecule has 2 heterocycles. The van der Waals surface area contributed by atoms with E-state index in [1.165, 1.54) is 0 Å². The van der Waals surface area contributed by atoms with Crippen molar-refractivity contribution in [3.05, 3.63) is 47.3 Å². The minimum Gasteiger partial charge on any atom is -0.497 e. The highest BCUT2D eigenvalue weighted by molar-refractivity contribution is 5.73. The topological polar surface area (TPSA) is 73.6 Å². The van der Waals surface area contributed by atoms with Crippen LogP contribution in [0.25, 0.3) is 0 Å². The molecule has 0 radical (unpaired) electrons. The lowest BCUT2D eigenvalue weighted by Crippen LogP contribution is -2.30. The number of benzene rings is 1. The van der Waals surface area contributed by atoms with Crippen molar-refractivity contribution in [3.63, 3.8) is 0 Å². The van der Waals surface area contributed by atoms with E-state index in [1.54, 1.807) is 7.11 Å². The van der Waals surface area contributed by atoms with Crippen molar-refractivity contribution in [1.29, 1.82) is 0 Å². The van der Waals surface area contributed by atoms with Crippen LogP contribution in [0.2, 0.25) is 0 Å². The van der Waals surface area contributed by atoms with Crippen molar-refractivity contribution < 1.29 is 19.4 Å². The fourth-order valence-electron chi connectivity index (χ4n) is 2.38. The summed E-state index contributed by atoms with van der Waals surface area (Å²) in [5, 5.41) is 13.4. The summed E-state index contributed by atoms with van der Waals surface area (Å²) < 4.78 is 12.2. The van der Waals surface area contributed by atoms with Crippen LogP contribution in [0.5, 0.6) is 5.75 Å². The van der Waals surface area contributed by atoms with Gasteiger partial charge < -0.3 is 14.6 Å². The van der Waals surface area contributed by atoms with E-state index in [0.717, 1.165) is 22.6 Å². The maximum Gasteiger partial charge on any atom is 0.333 e. The van der Waals surface area contributed by atoms with Crippen LogP contribution in [0, 0.1) is 0 Å². The Morgan fingerprint density at radius 1 is 1.48 bits per heavy atom. The molecule has 0 amide bonds. The van der Waals surface area contributed by atoms with E-state index < -0.39 is 12.1 Å². The summed E-state index contributed by atoms with van der Waals surface area (Å²) >= 11 is 0. The van der Waals surface area contributed by atoms with Gasteiger partial charge in [0, 0.05) is 18.2 Å². The van der Waals surface area contributed by atoms with Gasteiger partial charge in [-0.1, -0.05) is 12.1 Å². The van der Waals surface area contributed by atoms with Gasteiger partial charge in [0.2, 0.25) is 0 Å². The summed E-state index contributed by atoms with van der Waals surface area (Å²) in [4.78, 5) is 11.0. The molecule has 1 N–H and O–H groups in total. The Hall–Kier alpha value is -2.34. The first kappa shape index (κ1) is 13.6. The van der Waals surface area contributed by atoms with Gasteiger partial charge in [-0.2, -0.15) is 5.10 Å². The first-order valence-corrected chi connectivity index (χ1v) is 6.68. The van der Waals surface area contributed by atoms with E-state index in [2.05, 4.69) is 5.10 Å². The standard InChI is InChI=1S/C15H16N2O4/c1-20-12-4-2-10(3-5-12)7-17-8-11-9-21-14(15(18)19)6-13(11)16-17/h2-5,8,14H,6-7,9H2,1H3,(H,18,19). The molecule has 1 aliphatic rings. The Morgan fingerprint density at radius 3 is 2.90 bits per heavy atom. The molecule has 21 heavy (non-hydrogen) atoms. The highest BCUT2D eigenvalue weighted by atomic mass is 16.5. The molecule has 6 heteroatoms. The Labute approximate surface area is 121 Å². The van der Waals surface area contributed by atoms with Crippen LogP contribution >= 0.6 is 0 Å². The number of nitrogens with zero attached hydrogens (tertiary/aromatic N) is 2. The summed E-state index contributed by atoms with van der Waals surface area (Å²) in [7, 11) is 1.63. The van der Waals surface area contributed by atoms with Gasteiger partial charge in [-0.3, -0.25) is 4.68 Å². The SMILES string of the molecule is COc1ccc(Cn2cc3c(n2)CC(C(=O)O)OC3)cc1. The average molecular weight is 288 g/mol. The number of fused-ring (bicyclic) bond motifs is 1. The Morgan fingerprint density at radius 2 is 2.24 bits per heavy atom. The predicted molar refractivity (Wildman–Crippen MR) is 74.2 cm³/mol. The molecule has 0 bridgehead atoms. The van der Waals surface area contributed by atoms with Crippen LogP contribution in [0.1, 0.15) is 16.8 Å². The number of hydrogen-bond donors (Lipinski definition) is 1. The number of carboxylic acids is 1. The molecule has 0 aliphatic carbocycles. The predicted octanol–water partition coefficient (Wildman–Crippen LogP) is 1.47. The van der Waals surface area contributed by atoms with E-state index in [1.807, 2.05) is 35.1 Å². The van der Waals surface area contributed by atoms with Crippen molar-refractivity contribution >= 4 is 5.97 Å². The van der Waals surface area contributed by atoms with Gasteiger partial charge in [0.25, 0.3) is 0 Å². The van der Waals surface area contributed by atoms with Gasteiger partial charge in [-0.05, 0) is 17.7 Å². The first-order chi connectivity index (χ1) is 10.2. The van der Waals surface area contributed by atoms with E-state index >= 15 is 0 Å². The van der Waals surface area contributed by atoms with Crippen LogP contribution in [-0.2, 0) is 29.1 Å². The molecule has 6 nitrogen and oxygen atoms in total. The number of ether oxygens (including phenoxy) is 2. The molecular formula is C15H16N2O4. The molecule has 1 aromatic carbocycles. The molecule has 3 rings (SSSR count). The second-order valence-electron chi connectivity index (χ2n) is 4.99. The van der Waals surface area contributed by atoms with Gasteiger partial charge in [0.05, 0.1) is 26.0 Å². The molecule has 0 saturated carbocycles. The second kappa shape index (κ2) is 5.57. The molecule has 1 aliphatic heterocycles. The zero-order chi connectivity index (χ0) is 14.8. The molecule has 1 aromatic heterocycles. The van der Waals surface area contributed by atoms with Crippen molar-refractivity contribution in [2.45, 2.75) is 25.7 Å². The van der Waals surface area contributed by atoms with E-state index in [4.69, 9.17) is 14.6 Å². The minimum absolute atomic E-state index is 0.301. The highest BCUT2D eigenvalue weighted by Crippen LogP contribution is 2.20. The summed E-state index contributed by atoms with van der Waals surface area (Å²) in [6.45, 7) is 0.934. The fraction of sp³-hybridized carbons (Fsp3) is 0.333. The number of carboxylic acid groups (broad SMARTS) is 1. The van der Waals surface area contributed by atoms with E-state index in [-0.39, 0.29) is 0 Å². The number of carbonyl (C=O) groups is 1. The summed E-state index contributed by atoms with van der Waals surface area (Å²) in [5.74, 6) is -0.124. The second-order valence-corrected chi connectivity index (χ2v) is 4.99. The third-order valence-corrected chi connectivity index (χ3v) is 3.52. The maximum atomic E-state index is 11.0. The first-order valence-electron chi connectivity index (χ1n) is 6.68. The molecule has 0 fully saturated rings. The van der Waals surface area contributed by atoms with Crippen LogP contribution in [0.4, 0.5) is 0 Å². The Balaban J connectivity index is 1.74. The van der Waals surface area contributed by atoms with Gasteiger partial charge in [-0.15, -0.1) is 0 Å². The number of aromatic nitrogens is 2. The molecule has 2 aromatic rings. The lowest BCUT2D eigenvalue weighted by atomic mass is 10.1. The molecule has 0 spiro atoms. The van der Waals surface area contributed by atoms with Gasteiger partial charge in [-0.25, -0.2) is 4.79 Å². The van der Waals surface area contributed by atoms with Crippen molar-refractivity contribution in [1.82, 2.24) is 9.78 Å². The van der Waals surface area contributed by atoms with Crippen LogP contribution < -0.4 is 4.74 Å². The van der Waals surface area contributed by atoms with Crippen LogP contribution in [0.15, 0.2) is 30.5 Å². The normalized spacial score (nSPS) is 17.3. The third kappa shape index (κ3) is 2.90. The Kier molecular flexibility index (Phi) is 3.62. The zero-order valence-corrected chi connectivity index (χ0v) is 11.7. The smallest absolute Gasteiger partial charge is 0.333 e. The molecule has 1 unspecified atom stereocenters. The number of aliphatic carboxylic acids is 1. The maximum absolute atomic E-state index is 11.0. The van der Waals surface area contributed by atoms with Crippen molar-refractivity contribution in [3.8, 4) is 5.75 Å². The lowest BCUT2D eigenvalue weighted by molar-refractivity contribution is -0.152. The monoisotopic (exact) mass is 288 g/mol. The van der Waals surface area contributed by atoms with Gasteiger partial charge >= 0.3 is 5.97 Å². The minimum atomic E-state index is -0.939. The van der Waals surface area contributed by atoms with Gasteiger partial charge in [0.15, 0.2) is 6.10 Å². The van der Waals surface area contributed by atoms with Gasteiger partial charge in [0.1, 0.15) is 5.75 Å². The number of methoxy groups -OCH3 is 1. The number of hydrogen-bond acceptors (Lipinski definition) is 4. The molecule has 1 atom stereocenters.